The highest BCUT2D eigenvalue weighted by molar-refractivity contribution is 7.14. The van der Waals surface area contributed by atoms with Crippen LogP contribution in [-0.4, -0.2) is 15.8 Å². The fraction of sp³-hybridized carbons (Fsp3) is 0.167. The van der Waals surface area contributed by atoms with E-state index < -0.39 is 22.7 Å². The van der Waals surface area contributed by atoms with Crippen LogP contribution in [0.1, 0.15) is 21.6 Å². The molecule has 6 nitrogen and oxygen atoms in total. The van der Waals surface area contributed by atoms with Gasteiger partial charge in [-0.15, -0.1) is 11.3 Å². The molecule has 1 amide bonds. The van der Waals surface area contributed by atoms with Crippen molar-refractivity contribution in [3.05, 3.63) is 50.5 Å². The summed E-state index contributed by atoms with van der Waals surface area (Å²) in [6.07, 6.45) is -4.60. The van der Waals surface area contributed by atoms with Gasteiger partial charge in [-0.2, -0.15) is 13.2 Å². The van der Waals surface area contributed by atoms with Crippen molar-refractivity contribution in [1.29, 1.82) is 0 Å². The lowest BCUT2D eigenvalue weighted by molar-refractivity contribution is -0.385. The lowest BCUT2D eigenvalue weighted by Crippen LogP contribution is -2.13. The Morgan fingerprint density at radius 3 is 2.64 bits per heavy atom. The smallest absolute Gasteiger partial charge is 0.298 e. The Kier molecular flexibility index (Phi) is 4.13. The molecule has 1 aromatic carbocycles. The zero-order chi connectivity index (χ0) is 16.5. The molecular formula is C12H8F3N3O3S. The van der Waals surface area contributed by atoms with Gasteiger partial charge in [0.25, 0.3) is 11.6 Å². The van der Waals surface area contributed by atoms with E-state index in [0.29, 0.717) is 16.9 Å². The van der Waals surface area contributed by atoms with Crippen LogP contribution in [0.15, 0.2) is 23.6 Å². The lowest BCUT2D eigenvalue weighted by atomic mass is 10.1. The van der Waals surface area contributed by atoms with E-state index in [4.69, 9.17) is 0 Å². The number of carbonyl (C=O) groups is 1. The molecule has 0 bridgehead atoms. The highest BCUT2D eigenvalue weighted by atomic mass is 32.1. The molecule has 1 heterocycles. The fourth-order valence-corrected chi connectivity index (χ4v) is 2.29. The highest BCUT2D eigenvalue weighted by Gasteiger charge is 2.34. The molecule has 0 aliphatic heterocycles. The molecule has 0 saturated carbocycles. The monoisotopic (exact) mass is 331 g/mol. The number of alkyl halides is 3. The molecule has 1 N–H and O–H groups in total. The van der Waals surface area contributed by atoms with E-state index in [-0.39, 0.29) is 16.4 Å². The van der Waals surface area contributed by atoms with Crippen molar-refractivity contribution < 1.29 is 22.9 Å². The van der Waals surface area contributed by atoms with Gasteiger partial charge in [0.05, 0.1) is 4.92 Å². The quantitative estimate of drug-likeness (QED) is 0.687. The van der Waals surface area contributed by atoms with Crippen molar-refractivity contribution >= 4 is 28.1 Å². The summed E-state index contributed by atoms with van der Waals surface area (Å²) in [7, 11) is 0. The number of aromatic nitrogens is 1. The number of halogens is 3. The van der Waals surface area contributed by atoms with Crippen molar-refractivity contribution in [2.24, 2.45) is 0 Å². The molecule has 2 aromatic rings. The third-order valence-electron chi connectivity index (χ3n) is 2.68. The van der Waals surface area contributed by atoms with Gasteiger partial charge in [-0.25, -0.2) is 4.98 Å². The topological polar surface area (TPSA) is 85.1 Å². The molecule has 1 aromatic heterocycles. The summed E-state index contributed by atoms with van der Waals surface area (Å²) >= 11 is 0.616. The molecule has 0 unspecified atom stereocenters. The Morgan fingerprint density at radius 2 is 2.09 bits per heavy atom. The first kappa shape index (κ1) is 15.9. The number of amides is 1. The number of hydrogen-bond donors (Lipinski definition) is 1. The van der Waals surface area contributed by atoms with Crippen molar-refractivity contribution in [3.63, 3.8) is 0 Å². The van der Waals surface area contributed by atoms with E-state index in [2.05, 4.69) is 10.3 Å². The first-order valence-electron chi connectivity index (χ1n) is 5.77. The first-order chi connectivity index (χ1) is 10.2. The van der Waals surface area contributed by atoms with Crippen LogP contribution in [0.5, 0.6) is 0 Å². The number of carbonyl (C=O) groups excluding carboxylic acids is 1. The van der Waals surface area contributed by atoms with Crippen LogP contribution in [-0.2, 0) is 6.18 Å². The first-order valence-corrected chi connectivity index (χ1v) is 6.65. The normalized spacial score (nSPS) is 11.3. The van der Waals surface area contributed by atoms with Crippen molar-refractivity contribution in [2.75, 3.05) is 5.32 Å². The number of rotatable bonds is 3. The van der Waals surface area contributed by atoms with E-state index in [9.17, 15) is 28.1 Å². The van der Waals surface area contributed by atoms with Crippen LogP contribution in [0.25, 0.3) is 0 Å². The summed E-state index contributed by atoms with van der Waals surface area (Å²) in [5.74, 6) is -0.772. The molecule has 0 fully saturated rings. The van der Waals surface area contributed by atoms with Crippen molar-refractivity contribution in [1.82, 2.24) is 4.98 Å². The highest BCUT2D eigenvalue weighted by Crippen LogP contribution is 2.31. The number of nitrogens with one attached hydrogen (secondary N) is 1. The maximum Gasteiger partial charge on any atom is 0.434 e. The van der Waals surface area contributed by atoms with Gasteiger partial charge in [0.15, 0.2) is 10.8 Å². The summed E-state index contributed by atoms with van der Waals surface area (Å²) in [6, 6.07) is 3.79. The largest absolute Gasteiger partial charge is 0.434 e. The maximum absolute atomic E-state index is 12.4. The molecule has 0 atom stereocenters. The van der Waals surface area contributed by atoms with Gasteiger partial charge >= 0.3 is 6.18 Å². The summed E-state index contributed by atoms with van der Waals surface area (Å²) in [4.78, 5) is 25.3. The minimum atomic E-state index is -4.60. The molecule has 0 spiro atoms. The standard InChI is InChI=1S/C12H8F3N3O3S/c1-6-2-3-7(4-8(6)18(20)21)10(19)17-11-16-9(5-22-11)12(13,14)15/h2-5H,1H3,(H,16,17,19). The third-order valence-corrected chi connectivity index (χ3v) is 3.44. The van der Waals surface area contributed by atoms with Crippen molar-refractivity contribution in [2.45, 2.75) is 13.1 Å². The number of aryl methyl sites for hydroxylation is 1. The van der Waals surface area contributed by atoms with Gasteiger partial charge in [0.1, 0.15) is 0 Å². The second kappa shape index (κ2) is 5.72. The Morgan fingerprint density at radius 1 is 1.41 bits per heavy atom. The Hall–Kier alpha value is -2.49. The number of hydrogen-bond acceptors (Lipinski definition) is 5. The molecule has 2 rings (SSSR count). The number of nitrogens with zero attached hydrogens (tertiary/aromatic N) is 2. The van der Waals surface area contributed by atoms with E-state index in [1.807, 2.05) is 0 Å². The minimum absolute atomic E-state index is 0.0407. The van der Waals surface area contributed by atoms with Crippen molar-refractivity contribution in [3.8, 4) is 0 Å². The Labute approximate surface area is 125 Å². The van der Waals surface area contributed by atoms with Gasteiger partial charge in [-0.3, -0.25) is 20.2 Å². The molecule has 10 heteroatoms. The maximum atomic E-state index is 12.4. The van der Waals surface area contributed by atoms with Crippen LogP contribution in [0, 0.1) is 17.0 Å². The second-order valence-electron chi connectivity index (χ2n) is 4.25. The molecule has 22 heavy (non-hydrogen) atoms. The minimum Gasteiger partial charge on any atom is -0.298 e. The molecular weight excluding hydrogens is 323 g/mol. The number of nitro benzene ring substituents is 1. The summed E-state index contributed by atoms with van der Waals surface area (Å²) < 4.78 is 37.2. The van der Waals surface area contributed by atoms with Crippen LogP contribution in [0.3, 0.4) is 0 Å². The van der Waals surface area contributed by atoms with Gasteiger partial charge in [0.2, 0.25) is 0 Å². The zero-order valence-electron chi connectivity index (χ0n) is 11.0. The number of thiazole rings is 1. The van der Waals surface area contributed by atoms with E-state index in [1.54, 1.807) is 0 Å². The predicted molar refractivity (Wildman–Crippen MR) is 72.9 cm³/mol. The zero-order valence-corrected chi connectivity index (χ0v) is 11.8. The van der Waals surface area contributed by atoms with Gasteiger partial charge in [-0.05, 0) is 13.0 Å². The summed E-state index contributed by atoms with van der Waals surface area (Å²) in [5, 5.41) is 13.5. The molecule has 0 saturated heterocycles. The predicted octanol–water partition coefficient (Wildman–Crippen LogP) is 3.63. The number of nitro groups is 1. The summed E-state index contributed by atoms with van der Waals surface area (Å²) in [5.41, 5.74) is -1.03. The average molecular weight is 331 g/mol. The van der Waals surface area contributed by atoms with Crippen LogP contribution in [0.2, 0.25) is 0 Å². The fourth-order valence-electron chi connectivity index (χ4n) is 1.58. The van der Waals surface area contributed by atoms with E-state index in [1.165, 1.54) is 19.1 Å². The molecule has 0 radical (unpaired) electrons. The Bertz CT molecular complexity index is 743. The molecule has 116 valence electrons. The van der Waals surface area contributed by atoms with Crippen LogP contribution >= 0.6 is 11.3 Å². The Balaban J connectivity index is 2.21. The van der Waals surface area contributed by atoms with Gasteiger partial charge in [-0.1, -0.05) is 6.07 Å². The second-order valence-corrected chi connectivity index (χ2v) is 5.11. The molecule has 0 aliphatic rings. The number of anilines is 1. The third kappa shape index (κ3) is 3.39. The van der Waals surface area contributed by atoms with E-state index >= 15 is 0 Å². The average Bonchev–Trinajstić information content (AvgIpc) is 2.87. The number of benzene rings is 1. The van der Waals surface area contributed by atoms with Crippen LogP contribution < -0.4 is 5.32 Å². The lowest BCUT2D eigenvalue weighted by Gasteiger charge is -2.04. The molecule has 0 aliphatic carbocycles. The van der Waals surface area contributed by atoms with Crippen LogP contribution in [0.4, 0.5) is 24.0 Å². The van der Waals surface area contributed by atoms with E-state index in [0.717, 1.165) is 11.4 Å². The van der Waals surface area contributed by atoms with Gasteiger partial charge < -0.3 is 0 Å². The SMILES string of the molecule is Cc1ccc(C(=O)Nc2nc(C(F)(F)F)cs2)cc1[N+](=O)[O-]. The van der Waals surface area contributed by atoms with Gasteiger partial charge in [0, 0.05) is 22.6 Å². The summed E-state index contributed by atoms with van der Waals surface area (Å²) in [6.45, 7) is 1.51.